The van der Waals surface area contributed by atoms with Gasteiger partial charge >= 0.3 is 0 Å². The fourth-order valence-corrected chi connectivity index (χ4v) is 5.54. The molecule has 27 heavy (non-hydrogen) atoms. The second-order valence-electron chi connectivity index (χ2n) is 6.57. The van der Waals surface area contributed by atoms with Crippen LogP contribution in [0.3, 0.4) is 0 Å². The lowest BCUT2D eigenvalue weighted by molar-refractivity contribution is 0.0724. The van der Waals surface area contributed by atoms with Gasteiger partial charge < -0.3 is 19.7 Å². The van der Waals surface area contributed by atoms with Crippen LogP contribution in [0.1, 0.15) is 17.2 Å². The van der Waals surface area contributed by atoms with E-state index in [1.165, 1.54) is 10.4 Å². The summed E-state index contributed by atoms with van der Waals surface area (Å²) in [6.45, 7) is 0.544. The summed E-state index contributed by atoms with van der Waals surface area (Å²) in [4.78, 5) is 0.0874. The molecular formula is C19H21NO6S. The summed E-state index contributed by atoms with van der Waals surface area (Å²) in [6, 6.07) is 11.2. The third kappa shape index (κ3) is 3.19. The lowest BCUT2D eigenvalue weighted by Gasteiger charge is -2.39. The maximum atomic E-state index is 13.0. The first-order chi connectivity index (χ1) is 13.0. The van der Waals surface area contributed by atoms with Gasteiger partial charge in [0.05, 0.1) is 23.6 Å². The molecule has 2 atom stereocenters. The fourth-order valence-electron chi connectivity index (χ4n) is 3.68. The fraction of sp³-hybridized carbons (Fsp3) is 0.368. The van der Waals surface area contributed by atoms with Crippen LogP contribution >= 0.6 is 0 Å². The Morgan fingerprint density at radius 1 is 1.07 bits per heavy atom. The van der Waals surface area contributed by atoms with Crippen molar-refractivity contribution in [1.82, 2.24) is 4.31 Å². The minimum absolute atomic E-state index is 0.0804. The highest BCUT2D eigenvalue weighted by Gasteiger charge is 2.43. The van der Waals surface area contributed by atoms with Gasteiger partial charge in [-0.25, -0.2) is 8.42 Å². The van der Waals surface area contributed by atoms with E-state index in [0.717, 1.165) is 5.56 Å². The van der Waals surface area contributed by atoms with Crippen LogP contribution < -0.4 is 9.47 Å². The van der Waals surface area contributed by atoms with E-state index in [-0.39, 0.29) is 24.5 Å². The normalized spacial score (nSPS) is 23.6. The van der Waals surface area contributed by atoms with Crippen molar-refractivity contribution in [3.8, 4) is 11.5 Å². The molecule has 0 amide bonds. The molecule has 0 fully saturated rings. The SMILES string of the molecule is O=S1(=O)c2ccccc2[C@H](O)[C@@H](Cc2ccc3c(c2)OCCO3)N1CCO. The molecule has 0 radical (unpaired) electrons. The Morgan fingerprint density at radius 2 is 1.81 bits per heavy atom. The molecule has 2 heterocycles. The highest BCUT2D eigenvalue weighted by Crippen LogP contribution is 2.39. The monoisotopic (exact) mass is 391 g/mol. The Labute approximate surface area is 157 Å². The third-order valence-electron chi connectivity index (χ3n) is 4.93. The number of aliphatic hydroxyl groups is 2. The number of ether oxygens (including phenoxy) is 2. The number of rotatable bonds is 4. The molecule has 2 aliphatic rings. The number of benzene rings is 2. The van der Waals surface area contributed by atoms with Gasteiger partial charge in [0.2, 0.25) is 10.0 Å². The Balaban J connectivity index is 1.72. The summed E-state index contributed by atoms with van der Waals surface area (Å²) < 4.78 is 38.4. The van der Waals surface area contributed by atoms with E-state index >= 15 is 0 Å². The molecule has 2 aliphatic heterocycles. The summed E-state index contributed by atoms with van der Waals surface area (Å²) in [5, 5.41) is 20.3. The molecule has 8 heteroatoms. The zero-order valence-electron chi connectivity index (χ0n) is 14.6. The van der Waals surface area contributed by atoms with Crippen molar-refractivity contribution in [3.63, 3.8) is 0 Å². The molecule has 0 spiro atoms. The number of β-amino-alcohol motifs (C(OH)–C–C–N with tert-alkyl or cyclic N) is 1. The molecule has 2 N–H and O–H groups in total. The Morgan fingerprint density at radius 3 is 2.59 bits per heavy atom. The minimum atomic E-state index is -3.81. The molecular weight excluding hydrogens is 370 g/mol. The van der Waals surface area contributed by atoms with Crippen molar-refractivity contribution >= 4 is 10.0 Å². The molecule has 0 bridgehead atoms. The van der Waals surface area contributed by atoms with E-state index < -0.39 is 22.2 Å². The van der Waals surface area contributed by atoms with Gasteiger partial charge in [-0.05, 0) is 30.2 Å². The summed E-state index contributed by atoms with van der Waals surface area (Å²) in [6.07, 6.45) is -0.713. The third-order valence-corrected chi connectivity index (χ3v) is 6.93. The van der Waals surface area contributed by atoms with Crippen molar-refractivity contribution in [2.45, 2.75) is 23.5 Å². The van der Waals surface area contributed by atoms with Gasteiger partial charge in [-0.3, -0.25) is 0 Å². The number of fused-ring (bicyclic) bond motifs is 2. The molecule has 0 aromatic heterocycles. The summed E-state index contributed by atoms with van der Waals surface area (Å²) in [7, 11) is -3.81. The predicted octanol–water partition coefficient (Wildman–Crippen LogP) is 1.10. The van der Waals surface area contributed by atoms with Gasteiger partial charge in [-0.1, -0.05) is 24.3 Å². The van der Waals surface area contributed by atoms with Gasteiger partial charge in [-0.2, -0.15) is 4.31 Å². The number of aliphatic hydroxyl groups excluding tert-OH is 2. The molecule has 0 saturated carbocycles. The summed E-state index contributed by atoms with van der Waals surface area (Å²) >= 11 is 0. The van der Waals surface area contributed by atoms with Crippen LogP contribution in [0.15, 0.2) is 47.4 Å². The van der Waals surface area contributed by atoms with E-state index in [9.17, 15) is 18.6 Å². The van der Waals surface area contributed by atoms with Gasteiger partial charge in [0.15, 0.2) is 11.5 Å². The standard InChI is InChI=1S/C19H21NO6S/c21-8-7-20-15(11-13-5-6-16-17(12-13)26-10-9-25-16)19(22)14-3-1-2-4-18(14)27(20,23)24/h1-6,12,15,19,21-22H,7-11H2/t15-,19+/m1/s1. The van der Waals surface area contributed by atoms with Crippen LogP contribution in [0.25, 0.3) is 0 Å². The van der Waals surface area contributed by atoms with Crippen molar-refractivity contribution in [3.05, 3.63) is 53.6 Å². The maximum Gasteiger partial charge on any atom is 0.243 e. The van der Waals surface area contributed by atoms with Crippen molar-refractivity contribution in [2.24, 2.45) is 0 Å². The average molecular weight is 391 g/mol. The van der Waals surface area contributed by atoms with Gasteiger partial charge in [0.1, 0.15) is 13.2 Å². The first-order valence-electron chi connectivity index (χ1n) is 8.80. The first-order valence-corrected chi connectivity index (χ1v) is 10.2. The average Bonchev–Trinajstić information content (AvgIpc) is 2.69. The number of hydrogen-bond acceptors (Lipinski definition) is 6. The second-order valence-corrected chi connectivity index (χ2v) is 8.43. The first kappa shape index (κ1) is 18.2. The topological polar surface area (TPSA) is 96.3 Å². The quantitative estimate of drug-likeness (QED) is 0.810. The van der Waals surface area contributed by atoms with Gasteiger partial charge in [0.25, 0.3) is 0 Å². The molecule has 0 aliphatic carbocycles. The molecule has 0 unspecified atom stereocenters. The van der Waals surface area contributed by atoms with Crippen LogP contribution in [-0.4, -0.2) is 55.3 Å². The minimum Gasteiger partial charge on any atom is -0.486 e. The van der Waals surface area contributed by atoms with Crippen LogP contribution in [0.5, 0.6) is 11.5 Å². The zero-order chi connectivity index (χ0) is 19.0. The van der Waals surface area contributed by atoms with Crippen LogP contribution in [0.2, 0.25) is 0 Å². The van der Waals surface area contributed by atoms with E-state index in [1.807, 2.05) is 12.1 Å². The second kappa shape index (κ2) is 7.12. The van der Waals surface area contributed by atoms with E-state index in [1.54, 1.807) is 24.3 Å². The summed E-state index contributed by atoms with van der Waals surface area (Å²) in [5.74, 6) is 1.26. The molecule has 144 valence electrons. The molecule has 7 nitrogen and oxygen atoms in total. The maximum absolute atomic E-state index is 13.0. The van der Waals surface area contributed by atoms with E-state index in [4.69, 9.17) is 9.47 Å². The van der Waals surface area contributed by atoms with Crippen molar-refractivity contribution in [2.75, 3.05) is 26.4 Å². The number of hydrogen-bond donors (Lipinski definition) is 2. The molecule has 2 aromatic rings. The van der Waals surface area contributed by atoms with Gasteiger partial charge in [-0.15, -0.1) is 0 Å². The van der Waals surface area contributed by atoms with Gasteiger partial charge in [0, 0.05) is 12.1 Å². The lowest BCUT2D eigenvalue weighted by Crippen LogP contribution is -2.50. The van der Waals surface area contributed by atoms with Crippen LogP contribution in [-0.2, 0) is 16.4 Å². The van der Waals surface area contributed by atoms with Crippen LogP contribution in [0, 0.1) is 0 Å². The highest BCUT2D eigenvalue weighted by atomic mass is 32.2. The van der Waals surface area contributed by atoms with Crippen molar-refractivity contribution < 1.29 is 28.1 Å². The largest absolute Gasteiger partial charge is 0.486 e. The Bertz CT molecular complexity index is 945. The lowest BCUT2D eigenvalue weighted by atomic mass is 9.95. The molecule has 2 aromatic carbocycles. The number of nitrogens with zero attached hydrogens (tertiary/aromatic N) is 1. The van der Waals surface area contributed by atoms with E-state index in [0.29, 0.717) is 30.3 Å². The smallest absolute Gasteiger partial charge is 0.243 e. The van der Waals surface area contributed by atoms with Crippen LogP contribution in [0.4, 0.5) is 0 Å². The Kier molecular flexibility index (Phi) is 4.81. The zero-order valence-corrected chi connectivity index (χ0v) is 15.4. The Hall–Kier alpha value is -2.13. The highest BCUT2D eigenvalue weighted by molar-refractivity contribution is 7.89. The summed E-state index contributed by atoms with van der Waals surface area (Å²) in [5.41, 5.74) is 1.20. The van der Waals surface area contributed by atoms with Crippen molar-refractivity contribution in [1.29, 1.82) is 0 Å². The number of sulfonamides is 1. The predicted molar refractivity (Wildman–Crippen MR) is 97.3 cm³/mol. The molecule has 4 rings (SSSR count). The van der Waals surface area contributed by atoms with E-state index in [2.05, 4.69) is 0 Å². The molecule has 0 saturated heterocycles.